The molecule has 0 spiro atoms. The van der Waals surface area contributed by atoms with Gasteiger partial charge in [0.2, 0.25) is 5.91 Å². The third kappa shape index (κ3) is 3.90. The first-order valence-electron chi connectivity index (χ1n) is 9.49. The van der Waals surface area contributed by atoms with Crippen LogP contribution < -0.4 is 0 Å². The summed E-state index contributed by atoms with van der Waals surface area (Å²) in [5.41, 5.74) is 0.873. The summed E-state index contributed by atoms with van der Waals surface area (Å²) < 4.78 is 29.0. The van der Waals surface area contributed by atoms with Gasteiger partial charge >= 0.3 is 0 Å². The Morgan fingerprint density at radius 2 is 1.75 bits per heavy atom. The maximum absolute atomic E-state index is 13.3. The summed E-state index contributed by atoms with van der Waals surface area (Å²) in [5.74, 6) is -0.0517. The lowest BCUT2D eigenvalue weighted by molar-refractivity contribution is -0.135. The first-order chi connectivity index (χ1) is 13.5. The van der Waals surface area contributed by atoms with Crippen molar-refractivity contribution in [3.63, 3.8) is 0 Å². The molecule has 1 atom stereocenters. The molecular formula is C19H22BrN3O3S2. The molecule has 150 valence electrons. The highest BCUT2D eigenvalue weighted by Gasteiger charge is 2.40. The number of sulfonamides is 1. The summed E-state index contributed by atoms with van der Waals surface area (Å²) in [6.45, 7) is 1.83. The second-order valence-electron chi connectivity index (χ2n) is 7.16. The van der Waals surface area contributed by atoms with Crippen molar-refractivity contribution in [1.82, 2.24) is 14.2 Å². The molecule has 9 heteroatoms. The lowest BCUT2D eigenvalue weighted by atomic mass is 10.0. The second-order valence-corrected chi connectivity index (χ2v) is 10.8. The first-order valence-corrected chi connectivity index (χ1v) is 12.6. The van der Waals surface area contributed by atoms with E-state index in [1.54, 1.807) is 5.38 Å². The quantitative estimate of drug-likeness (QED) is 0.663. The van der Waals surface area contributed by atoms with Crippen molar-refractivity contribution in [2.75, 3.05) is 19.6 Å². The molecular weight excluding hydrogens is 462 g/mol. The minimum Gasteiger partial charge on any atom is -0.341 e. The lowest BCUT2D eigenvalue weighted by Gasteiger charge is -2.35. The number of carbonyl (C=O) groups excluding carboxylic acids is 1. The van der Waals surface area contributed by atoms with Crippen molar-refractivity contribution >= 4 is 43.2 Å². The topological polar surface area (TPSA) is 70.6 Å². The van der Waals surface area contributed by atoms with Gasteiger partial charge in [-0.1, -0.05) is 34.5 Å². The number of carbonyl (C=O) groups is 1. The number of piperidine rings is 1. The van der Waals surface area contributed by atoms with Gasteiger partial charge in [-0.3, -0.25) is 4.79 Å². The molecule has 28 heavy (non-hydrogen) atoms. The van der Waals surface area contributed by atoms with Gasteiger partial charge in [-0.05, 0) is 37.8 Å². The molecule has 1 aromatic carbocycles. The fraction of sp³-hybridized carbons (Fsp3) is 0.474. The standard InChI is InChI=1S/C19H22BrN3O3S2/c20-15-8-6-14(7-9-15)18-21-17(13-27-18)28(25,26)23-12-2-1-5-16(23)19(24)22-10-3-4-11-22/h6-9,13,16H,1-5,10-12H2. The second kappa shape index (κ2) is 8.22. The Labute approximate surface area is 177 Å². The van der Waals surface area contributed by atoms with Gasteiger partial charge < -0.3 is 4.90 Å². The van der Waals surface area contributed by atoms with Crippen LogP contribution >= 0.6 is 27.3 Å². The van der Waals surface area contributed by atoms with Gasteiger partial charge in [-0.2, -0.15) is 4.31 Å². The molecule has 0 N–H and O–H groups in total. The minimum absolute atomic E-state index is 0.0385. The van der Waals surface area contributed by atoms with Crippen molar-refractivity contribution in [1.29, 1.82) is 0 Å². The monoisotopic (exact) mass is 483 g/mol. The third-order valence-electron chi connectivity index (χ3n) is 5.30. The smallest absolute Gasteiger partial charge is 0.262 e. The maximum Gasteiger partial charge on any atom is 0.262 e. The number of rotatable bonds is 4. The van der Waals surface area contributed by atoms with Crippen molar-refractivity contribution in [3.05, 3.63) is 34.1 Å². The predicted molar refractivity (Wildman–Crippen MR) is 113 cm³/mol. The van der Waals surface area contributed by atoms with E-state index in [1.807, 2.05) is 29.2 Å². The Morgan fingerprint density at radius 1 is 1.07 bits per heavy atom. The summed E-state index contributed by atoms with van der Waals surface area (Å²) in [5, 5.41) is 2.28. The number of aromatic nitrogens is 1. The van der Waals surface area contributed by atoms with Crippen LogP contribution in [0.2, 0.25) is 0 Å². The van der Waals surface area contributed by atoms with Gasteiger partial charge in [0.15, 0.2) is 5.03 Å². The third-order valence-corrected chi connectivity index (χ3v) is 8.67. The van der Waals surface area contributed by atoms with Crippen LogP contribution in [0, 0.1) is 0 Å². The molecule has 0 aliphatic carbocycles. The van der Waals surface area contributed by atoms with Crippen molar-refractivity contribution < 1.29 is 13.2 Å². The fourth-order valence-corrected chi connectivity index (χ4v) is 6.80. The lowest BCUT2D eigenvalue weighted by Crippen LogP contribution is -2.52. The van der Waals surface area contributed by atoms with E-state index < -0.39 is 16.1 Å². The number of likely N-dealkylation sites (tertiary alicyclic amines) is 1. The number of benzene rings is 1. The zero-order chi connectivity index (χ0) is 19.7. The van der Waals surface area contributed by atoms with E-state index in [0.717, 1.165) is 48.8 Å². The van der Waals surface area contributed by atoms with E-state index in [0.29, 0.717) is 18.0 Å². The first kappa shape index (κ1) is 20.0. The van der Waals surface area contributed by atoms with Crippen LogP contribution in [0.1, 0.15) is 32.1 Å². The van der Waals surface area contributed by atoms with Gasteiger partial charge in [0.05, 0.1) is 0 Å². The normalized spacial score (nSPS) is 21.2. The van der Waals surface area contributed by atoms with Crippen LogP contribution in [0.25, 0.3) is 10.6 Å². The maximum atomic E-state index is 13.3. The highest BCUT2D eigenvalue weighted by molar-refractivity contribution is 9.10. The van der Waals surface area contributed by atoms with Crippen LogP contribution in [0.4, 0.5) is 0 Å². The SMILES string of the molecule is O=C(C1CCCCN1S(=O)(=O)c1csc(-c2ccc(Br)cc2)n1)N1CCCC1. The Balaban J connectivity index is 1.61. The number of hydrogen-bond donors (Lipinski definition) is 0. The average Bonchev–Trinajstić information content (AvgIpc) is 3.40. The molecule has 2 aliphatic heterocycles. The Morgan fingerprint density at radius 3 is 2.46 bits per heavy atom. The summed E-state index contributed by atoms with van der Waals surface area (Å²) in [4.78, 5) is 19.2. The molecule has 3 heterocycles. The molecule has 1 amide bonds. The Kier molecular flexibility index (Phi) is 5.87. The predicted octanol–water partition coefficient (Wildman–Crippen LogP) is 3.74. The molecule has 2 fully saturated rings. The summed E-state index contributed by atoms with van der Waals surface area (Å²) in [6, 6.07) is 7.01. The van der Waals surface area contributed by atoms with Crippen LogP contribution in [0.15, 0.2) is 39.1 Å². The summed E-state index contributed by atoms with van der Waals surface area (Å²) in [7, 11) is -3.81. The van der Waals surface area contributed by atoms with Gasteiger partial charge in [0.1, 0.15) is 11.0 Å². The van der Waals surface area contributed by atoms with E-state index in [1.165, 1.54) is 15.6 Å². The highest BCUT2D eigenvalue weighted by atomic mass is 79.9. The molecule has 4 rings (SSSR count). The van der Waals surface area contributed by atoms with Crippen LogP contribution in [-0.4, -0.2) is 54.2 Å². The number of amides is 1. The van der Waals surface area contributed by atoms with Crippen molar-refractivity contribution in [2.24, 2.45) is 0 Å². The molecule has 6 nitrogen and oxygen atoms in total. The summed E-state index contributed by atoms with van der Waals surface area (Å²) in [6.07, 6.45) is 4.21. The molecule has 0 saturated carbocycles. The number of halogens is 1. The number of thiazole rings is 1. The van der Waals surface area contributed by atoms with Crippen LogP contribution in [-0.2, 0) is 14.8 Å². The molecule has 1 unspecified atom stereocenters. The summed E-state index contributed by atoms with van der Waals surface area (Å²) >= 11 is 4.71. The van der Waals surface area contributed by atoms with E-state index in [4.69, 9.17) is 0 Å². The molecule has 1 aromatic heterocycles. The van der Waals surface area contributed by atoms with Gasteiger partial charge in [0, 0.05) is 35.1 Å². The average molecular weight is 484 g/mol. The van der Waals surface area contributed by atoms with Crippen LogP contribution in [0.5, 0.6) is 0 Å². The van der Waals surface area contributed by atoms with Crippen LogP contribution in [0.3, 0.4) is 0 Å². The van der Waals surface area contributed by atoms with E-state index in [-0.39, 0.29) is 10.9 Å². The zero-order valence-electron chi connectivity index (χ0n) is 15.4. The van der Waals surface area contributed by atoms with Crippen molar-refractivity contribution in [2.45, 2.75) is 43.2 Å². The minimum atomic E-state index is -3.81. The zero-order valence-corrected chi connectivity index (χ0v) is 18.6. The van der Waals surface area contributed by atoms with E-state index in [9.17, 15) is 13.2 Å². The number of hydrogen-bond acceptors (Lipinski definition) is 5. The van der Waals surface area contributed by atoms with Gasteiger partial charge in [0.25, 0.3) is 10.0 Å². The van der Waals surface area contributed by atoms with Gasteiger partial charge in [-0.15, -0.1) is 11.3 Å². The van der Waals surface area contributed by atoms with E-state index >= 15 is 0 Å². The Bertz CT molecular complexity index is 953. The highest BCUT2D eigenvalue weighted by Crippen LogP contribution is 2.31. The number of nitrogens with zero attached hydrogens (tertiary/aromatic N) is 3. The molecule has 2 aromatic rings. The van der Waals surface area contributed by atoms with E-state index in [2.05, 4.69) is 20.9 Å². The molecule has 2 saturated heterocycles. The fourth-order valence-electron chi connectivity index (χ4n) is 3.81. The molecule has 2 aliphatic rings. The van der Waals surface area contributed by atoms with Gasteiger partial charge in [-0.25, -0.2) is 13.4 Å². The Hall–Kier alpha value is -1.29. The molecule has 0 bridgehead atoms. The molecule has 0 radical (unpaired) electrons. The van der Waals surface area contributed by atoms with Crippen molar-refractivity contribution in [3.8, 4) is 10.6 Å². The largest absolute Gasteiger partial charge is 0.341 e.